The van der Waals surface area contributed by atoms with E-state index in [2.05, 4.69) is 15.0 Å². The van der Waals surface area contributed by atoms with Gasteiger partial charge in [0, 0.05) is 24.4 Å². The molecule has 1 saturated carbocycles. The van der Waals surface area contributed by atoms with Crippen molar-refractivity contribution >= 4 is 10.0 Å². The monoisotopic (exact) mass is 309 g/mol. The Morgan fingerprint density at radius 1 is 1.24 bits per heavy atom. The quantitative estimate of drug-likeness (QED) is 0.849. The summed E-state index contributed by atoms with van der Waals surface area (Å²) in [6.45, 7) is 2.14. The molecule has 2 aliphatic rings. The molecule has 21 heavy (non-hydrogen) atoms. The van der Waals surface area contributed by atoms with Crippen molar-refractivity contribution in [1.82, 2.24) is 15.0 Å². The van der Waals surface area contributed by atoms with Gasteiger partial charge >= 0.3 is 0 Å². The van der Waals surface area contributed by atoms with Gasteiger partial charge in [-0.1, -0.05) is 6.07 Å². The number of hydrogen-bond donors (Lipinski definition) is 2. The summed E-state index contributed by atoms with van der Waals surface area (Å²) >= 11 is 0. The number of sulfonamides is 1. The normalized spacial score (nSPS) is 29.2. The lowest BCUT2D eigenvalue weighted by atomic mass is 9.79. The Bertz CT molecular complexity index is 562. The molecule has 2 N–H and O–H groups in total. The lowest BCUT2D eigenvalue weighted by molar-refractivity contribution is 0.260. The van der Waals surface area contributed by atoms with Crippen LogP contribution in [0.1, 0.15) is 25.0 Å². The van der Waals surface area contributed by atoms with Crippen LogP contribution in [0.3, 0.4) is 0 Å². The second kappa shape index (κ2) is 6.42. The molecule has 3 rings (SSSR count). The third-order valence-corrected chi connectivity index (χ3v) is 6.09. The van der Waals surface area contributed by atoms with Gasteiger partial charge in [0.1, 0.15) is 0 Å². The van der Waals surface area contributed by atoms with E-state index in [9.17, 15) is 8.42 Å². The molecule has 5 nitrogen and oxygen atoms in total. The SMILES string of the molecule is O=S(=O)(CCc1ccccn1)NC1CC[C@H]2CNC[C@H]2C1. The Kier molecular flexibility index (Phi) is 4.57. The molecule has 0 aromatic carbocycles. The van der Waals surface area contributed by atoms with Crippen LogP contribution in [0.5, 0.6) is 0 Å². The topological polar surface area (TPSA) is 71.1 Å². The van der Waals surface area contributed by atoms with Crippen LogP contribution in [0, 0.1) is 11.8 Å². The van der Waals surface area contributed by atoms with Gasteiger partial charge in [-0.25, -0.2) is 13.1 Å². The van der Waals surface area contributed by atoms with Crippen LogP contribution in [0.2, 0.25) is 0 Å². The summed E-state index contributed by atoms with van der Waals surface area (Å²) in [6.07, 6.45) is 5.23. The van der Waals surface area contributed by atoms with Gasteiger partial charge in [0.2, 0.25) is 10.0 Å². The molecule has 0 radical (unpaired) electrons. The molecule has 6 heteroatoms. The molecule has 3 atom stereocenters. The van der Waals surface area contributed by atoms with Gasteiger partial charge in [0.25, 0.3) is 0 Å². The molecule has 1 aliphatic carbocycles. The number of nitrogens with zero attached hydrogens (tertiary/aromatic N) is 1. The van der Waals surface area contributed by atoms with Crippen molar-refractivity contribution in [2.24, 2.45) is 11.8 Å². The standard InChI is InChI=1S/C15H23N3O2S/c19-21(20,8-6-14-3-1-2-7-17-14)18-15-5-4-12-10-16-11-13(12)9-15/h1-3,7,12-13,15-16,18H,4-6,8-11H2/t12-,13+,15?/m0/s1. The maximum atomic E-state index is 12.2. The first kappa shape index (κ1) is 14.9. The lowest BCUT2D eigenvalue weighted by Gasteiger charge is -2.31. The Hall–Kier alpha value is -0.980. The number of fused-ring (bicyclic) bond motifs is 1. The van der Waals surface area contributed by atoms with E-state index < -0.39 is 10.0 Å². The Balaban J connectivity index is 1.51. The number of aryl methyl sites for hydroxylation is 1. The molecule has 1 unspecified atom stereocenters. The van der Waals surface area contributed by atoms with Crippen LogP contribution in [0.15, 0.2) is 24.4 Å². The highest BCUT2D eigenvalue weighted by Crippen LogP contribution is 2.32. The van der Waals surface area contributed by atoms with E-state index in [4.69, 9.17) is 0 Å². The number of nitrogens with one attached hydrogen (secondary N) is 2. The largest absolute Gasteiger partial charge is 0.316 e. The first-order valence-electron chi connectivity index (χ1n) is 7.73. The Morgan fingerprint density at radius 3 is 2.90 bits per heavy atom. The molecule has 2 fully saturated rings. The van der Waals surface area contributed by atoms with E-state index in [1.807, 2.05) is 18.2 Å². The average molecular weight is 309 g/mol. The zero-order chi connectivity index (χ0) is 14.7. The smallest absolute Gasteiger partial charge is 0.212 e. The van der Waals surface area contributed by atoms with Crippen molar-refractivity contribution < 1.29 is 8.42 Å². The highest BCUT2D eigenvalue weighted by atomic mass is 32.2. The minimum absolute atomic E-state index is 0.111. The fraction of sp³-hybridized carbons (Fsp3) is 0.667. The van der Waals surface area contributed by atoms with Crippen molar-refractivity contribution in [2.75, 3.05) is 18.8 Å². The summed E-state index contributed by atoms with van der Waals surface area (Å²) in [6, 6.07) is 5.70. The zero-order valence-corrected chi connectivity index (χ0v) is 13.0. The predicted octanol–water partition coefficient (Wildman–Crippen LogP) is 0.932. The zero-order valence-electron chi connectivity index (χ0n) is 12.2. The van der Waals surface area contributed by atoms with Gasteiger partial charge < -0.3 is 5.32 Å². The van der Waals surface area contributed by atoms with Crippen LogP contribution < -0.4 is 10.0 Å². The summed E-state index contributed by atoms with van der Waals surface area (Å²) in [5.74, 6) is 1.51. The predicted molar refractivity (Wildman–Crippen MR) is 82.4 cm³/mol. The molecular weight excluding hydrogens is 286 g/mol. The van der Waals surface area contributed by atoms with Gasteiger partial charge in [-0.05, 0) is 56.3 Å². The molecule has 116 valence electrons. The van der Waals surface area contributed by atoms with Gasteiger partial charge in [0.15, 0.2) is 0 Å². The van der Waals surface area contributed by atoms with E-state index in [0.29, 0.717) is 12.3 Å². The van der Waals surface area contributed by atoms with Gasteiger partial charge in [-0.2, -0.15) is 0 Å². The molecule has 1 aliphatic heterocycles. The fourth-order valence-corrected chi connectivity index (χ4v) is 4.82. The van der Waals surface area contributed by atoms with Crippen molar-refractivity contribution in [3.05, 3.63) is 30.1 Å². The van der Waals surface area contributed by atoms with Crippen molar-refractivity contribution in [3.63, 3.8) is 0 Å². The summed E-state index contributed by atoms with van der Waals surface area (Å²) in [5, 5.41) is 3.41. The summed E-state index contributed by atoms with van der Waals surface area (Å²) in [5.41, 5.74) is 0.826. The molecule has 2 heterocycles. The molecule has 1 saturated heterocycles. The van der Waals surface area contributed by atoms with Gasteiger partial charge in [-0.15, -0.1) is 0 Å². The highest BCUT2D eigenvalue weighted by molar-refractivity contribution is 7.89. The first-order chi connectivity index (χ1) is 10.1. The second-order valence-electron chi connectivity index (χ2n) is 6.20. The van der Waals surface area contributed by atoms with Gasteiger partial charge in [-0.3, -0.25) is 4.98 Å². The van der Waals surface area contributed by atoms with Crippen LogP contribution in [-0.4, -0.2) is 38.3 Å². The Labute approximate surface area is 126 Å². The highest BCUT2D eigenvalue weighted by Gasteiger charge is 2.34. The van der Waals surface area contributed by atoms with Crippen molar-refractivity contribution in [3.8, 4) is 0 Å². The van der Waals surface area contributed by atoms with Crippen molar-refractivity contribution in [2.45, 2.75) is 31.7 Å². The van der Waals surface area contributed by atoms with Crippen LogP contribution in [0.4, 0.5) is 0 Å². The van der Waals surface area contributed by atoms with E-state index in [1.165, 1.54) is 0 Å². The summed E-state index contributed by atoms with van der Waals surface area (Å²) in [7, 11) is -3.22. The third-order valence-electron chi connectivity index (χ3n) is 4.65. The molecular formula is C15H23N3O2S. The van der Waals surface area contributed by atoms with E-state index >= 15 is 0 Å². The van der Waals surface area contributed by atoms with E-state index in [1.54, 1.807) is 6.20 Å². The molecule has 0 amide bonds. The van der Waals surface area contributed by atoms with Crippen LogP contribution in [-0.2, 0) is 16.4 Å². The first-order valence-corrected chi connectivity index (χ1v) is 9.38. The minimum atomic E-state index is -3.22. The third kappa shape index (κ3) is 4.02. The number of hydrogen-bond acceptors (Lipinski definition) is 4. The number of pyridine rings is 1. The molecule has 1 aromatic rings. The fourth-order valence-electron chi connectivity index (χ4n) is 3.50. The van der Waals surface area contributed by atoms with E-state index in [0.717, 1.165) is 44.0 Å². The molecule has 1 aromatic heterocycles. The lowest BCUT2D eigenvalue weighted by Crippen LogP contribution is -2.41. The average Bonchev–Trinajstić information content (AvgIpc) is 2.93. The van der Waals surface area contributed by atoms with Gasteiger partial charge in [0.05, 0.1) is 5.75 Å². The van der Waals surface area contributed by atoms with Crippen molar-refractivity contribution in [1.29, 1.82) is 0 Å². The molecule has 0 bridgehead atoms. The van der Waals surface area contributed by atoms with E-state index in [-0.39, 0.29) is 11.8 Å². The summed E-state index contributed by atoms with van der Waals surface area (Å²) in [4.78, 5) is 4.17. The molecule has 0 spiro atoms. The second-order valence-corrected chi connectivity index (χ2v) is 8.07. The summed E-state index contributed by atoms with van der Waals surface area (Å²) < 4.78 is 27.3. The van der Waals surface area contributed by atoms with Crippen LogP contribution >= 0.6 is 0 Å². The van der Waals surface area contributed by atoms with Crippen LogP contribution in [0.25, 0.3) is 0 Å². The Morgan fingerprint density at radius 2 is 2.10 bits per heavy atom. The minimum Gasteiger partial charge on any atom is -0.316 e. The maximum Gasteiger partial charge on any atom is 0.212 e. The maximum absolute atomic E-state index is 12.2. The number of aromatic nitrogens is 1. The number of rotatable bonds is 5.